The van der Waals surface area contributed by atoms with Crippen LogP contribution in [0.2, 0.25) is 0 Å². The monoisotopic (exact) mass is 317 g/mol. The summed E-state index contributed by atoms with van der Waals surface area (Å²) in [5, 5.41) is 3.25. The van der Waals surface area contributed by atoms with E-state index in [-0.39, 0.29) is 5.91 Å². The van der Waals surface area contributed by atoms with Crippen LogP contribution in [0.15, 0.2) is 9.85 Å². The predicted molar refractivity (Wildman–Crippen MR) is 69.4 cm³/mol. The van der Waals surface area contributed by atoms with Crippen LogP contribution in [0.5, 0.6) is 0 Å². The van der Waals surface area contributed by atoms with Gasteiger partial charge >= 0.3 is 0 Å². The van der Waals surface area contributed by atoms with E-state index >= 15 is 0 Å². The fraction of sp³-hybridized carbons (Fsp3) is 0.222. The van der Waals surface area contributed by atoms with Gasteiger partial charge in [0, 0.05) is 11.5 Å². The summed E-state index contributed by atoms with van der Waals surface area (Å²) in [4.78, 5) is 16.5. The van der Waals surface area contributed by atoms with Crippen LogP contribution in [0, 0.1) is 13.8 Å². The molecule has 0 bridgehead atoms. The molecule has 0 atom stereocenters. The summed E-state index contributed by atoms with van der Waals surface area (Å²) < 4.78 is 4.97. The molecule has 0 aliphatic carbocycles. The average Bonchev–Trinajstić information content (AvgIpc) is 2.75. The molecule has 1 amide bonds. The molecule has 0 fully saturated rings. The van der Waals surface area contributed by atoms with Crippen molar-refractivity contribution in [2.24, 2.45) is 0 Å². The van der Waals surface area contributed by atoms with Crippen LogP contribution in [0.25, 0.3) is 0 Å². The van der Waals surface area contributed by atoms with Crippen LogP contribution < -0.4 is 5.32 Å². The number of anilines is 1. The molecule has 2 heterocycles. The van der Waals surface area contributed by atoms with Gasteiger partial charge in [-0.25, -0.2) is 4.98 Å². The Balaban J connectivity index is 2.14. The molecule has 4 nitrogen and oxygen atoms in total. The number of carbonyl (C=O) groups excluding carboxylic acids is 1. The van der Waals surface area contributed by atoms with E-state index in [9.17, 15) is 4.79 Å². The van der Waals surface area contributed by atoms with Crippen molar-refractivity contribution in [3.63, 3.8) is 0 Å². The van der Waals surface area contributed by atoms with E-state index in [0.717, 1.165) is 9.35 Å². The number of rotatable bonds is 2. The zero-order chi connectivity index (χ0) is 11.7. The number of halogens is 1. The Morgan fingerprint density at radius 1 is 1.50 bits per heavy atom. The lowest BCUT2D eigenvalue weighted by Gasteiger charge is -1.96. The Morgan fingerprint density at radius 2 is 2.25 bits per heavy atom. The molecular weight excluding hydrogens is 310 g/mol. The molecule has 2 rings (SSSR count). The fourth-order valence-corrected chi connectivity index (χ4v) is 3.08. The number of aryl methyl sites for hydroxylation is 2. The molecule has 0 radical (unpaired) electrons. The average molecular weight is 318 g/mol. The Bertz CT molecular complexity index is 515. The van der Waals surface area contributed by atoms with Gasteiger partial charge < -0.3 is 0 Å². The molecule has 2 aromatic heterocycles. The Labute approximate surface area is 109 Å². The van der Waals surface area contributed by atoms with Crippen LogP contribution in [0.1, 0.15) is 21.1 Å². The summed E-state index contributed by atoms with van der Waals surface area (Å²) in [6.45, 7) is 3.74. The zero-order valence-corrected chi connectivity index (χ0v) is 11.8. The molecule has 2 aromatic rings. The van der Waals surface area contributed by atoms with E-state index in [1.54, 1.807) is 6.92 Å². The van der Waals surface area contributed by atoms with Crippen LogP contribution in [0.3, 0.4) is 0 Å². The third-order valence-electron chi connectivity index (χ3n) is 1.83. The Morgan fingerprint density at radius 3 is 2.75 bits per heavy atom. The molecule has 0 aliphatic heterocycles. The van der Waals surface area contributed by atoms with Crippen molar-refractivity contribution in [3.8, 4) is 0 Å². The van der Waals surface area contributed by atoms with Crippen molar-refractivity contribution in [1.29, 1.82) is 0 Å². The minimum atomic E-state index is -0.144. The minimum Gasteiger partial charge on any atom is -0.296 e. The smallest absolute Gasteiger partial charge is 0.267 e. The molecule has 0 aliphatic rings. The van der Waals surface area contributed by atoms with Gasteiger partial charge in [-0.15, -0.1) is 11.3 Å². The van der Waals surface area contributed by atoms with Gasteiger partial charge in [0.1, 0.15) is 5.82 Å². The first kappa shape index (κ1) is 11.7. The molecule has 0 saturated carbocycles. The second kappa shape index (κ2) is 4.60. The van der Waals surface area contributed by atoms with E-state index in [1.165, 1.54) is 22.9 Å². The molecule has 0 aromatic carbocycles. The van der Waals surface area contributed by atoms with Crippen molar-refractivity contribution in [3.05, 3.63) is 26.1 Å². The van der Waals surface area contributed by atoms with Gasteiger partial charge in [0.25, 0.3) is 5.91 Å². The SMILES string of the molecule is Cc1nsc(NC(=O)c2cc(C)c(Br)s2)n1. The number of nitrogens with zero attached hydrogens (tertiary/aromatic N) is 2. The first-order valence-electron chi connectivity index (χ1n) is 4.44. The maximum atomic E-state index is 11.8. The lowest BCUT2D eigenvalue weighted by atomic mass is 10.3. The van der Waals surface area contributed by atoms with E-state index in [1.807, 2.05) is 13.0 Å². The molecule has 7 heteroatoms. The molecule has 0 spiro atoms. The molecule has 0 saturated heterocycles. The quantitative estimate of drug-likeness (QED) is 0.925. The predicted octanol–water partition coefficient (Wildman–Crippen LogP) is 3.23. The van der Waals surface area contributed by atoms with Crippen molar-refractivity contribution in [2.45, 2.75) is 13.8 Å². The van der Waals surface area contributed by atoms with Crippen molar-refractivity contribution < 1.29 is 4.79 Å². The van der Waals surface area contributed by atoms with Gasteiger partial charge in [0.05, 0.1) is 8.66 Å². The highest BCUT2D eigenvalue weighted by Crippen LogP contribution is 2.27. The minimum absolute atomic E-state index is 0.144. The van der Waals surface area contributed by atoms with Crippen molar-refractivity contribution >= 4 is 49.8 Å². The zero-order valence-electron chi connectivity index (χ0n) is 8.57. The molecule has 16 heavy (non-hydrogen) atoms. The second-order valence-electron chi connectivity index (χ2n) is 3.17. The van der Waals surface area contributed by atoms with Gasteiger partial charge in [0.15, 0.2) is 0 Å². The van der Waals surface area contributed by atoms with Gasteiger partial charge in [0.2, 0.25) is 5.13 Å². The highest BCUT2D eigenvalue weighted by atomic mass is 79.9. The first-order valence-corrected chi connectivity index (χ1v) is 6.82. The van der Waals surface area contributed by atoms with Crippen LogP contribution >= 0.6 is 38.8 Å². The van der Waals surface area contributed by atoms with E-state index in [4.69, 9.17) is 0 Å². The number of thiophene rings is 1. The maximum absolute atomic E-state index is 11.8. The Kier molecular flexibility index (Phi) is 3.36. The first-order chi connectivity index (χ1) is 7.56. The molecule has 1 N–H and O–H groups in total. The van der Waals surface area contributed by atoms with E-state index < -0.39 is 0 Å². The lowest BCUT2D eigenvalue weighted by molar-refractivity contribution is 0.103. The number of nitrogens with one attached hydrogen (secondary N) is 1. The highest BCUT2D eigenvalue weighted by molar-refractivity contribution is 9.11. The largest absolute Gasteiger partial charge is 0.296 e. The normalized spacial score (nSPS) is 10.4. The third kappa shape index (κ3) is 2.47. The third-order valence-corrected chi connectivity index (χ3v) is 4.69. The lowest BCUT2D eigenvalue weighted by Crippen LogP contribution is -2.09. The number of carbonyl (C=O) groups is 1. The summed E-state index contributed by atoms with van der Waals surface area (Å²) >= 11 is 5.98. The number of hydrogen-bond donors (Lipinski definition) is 1. The van der Waals surface area contributed by atoms with Crippen molar-refractivity contribution in [2.75, 3.05) is 5.32 Å². The van der Waals surface area contributed by atoms with Gasteiger partial charge in [-0.3, -0.25) is 10.1 Å². The van der Waals surface area contributed by atoms with E-state index in [0.29, 0.717) is 15.8 Å². The van der Waals surface area contributed by atoms with Gasteiger partial charge in [-0.2, -0.15) is 4.37 Å². The molecular formula is C9H8BrN3OS2. The highest BCUT2D eigenvalue weighted by Gasteiger charge is 2.12. The van der Waals surface area contributed by atoms with Crippen molar-refractivity contribution in [1.82, 2.24) is 9.36 Å². The summed E-state index contributed by atoms with van der Waals surface area (Å²) in [5.41, 5.74) is 1.06. The summed E-state index contributed by atoms with van der Waals surface area (Å²) in [6.07, 6.45) is 0. The summed E-state index contributed by atoms with van der Waals surface area (Å²) in [6, 6.07) is 1.85. The number of aromatic nitrogens is 2. The van der Waals surface area contributed by atoms with E-state index in [2.05, 4.69) is 30.6 Å². The van der Waals surface area contributed by atoms with Crippen LogP contribution in [-0.2, 0) is 0 Å². The molecule has 84 valence electrons. The summed E-state index contributed by atoms with van der Waals surface area (Å²) in [5.74, 6) is 0.527. The number of hydrogen-bond acceptors (Lipinski definition) is 5. The second-order valence-corrected chi connectivity index (χ2v) is 6.29. The van der Waals surface area contributed by atoms with Crippen LogP contribution in [0.4, 0.5) is 5.13 Å². The number of amides is 1. The topological polar surface area (TPSA) is 54.9 Å². The van der Waals surface area contributed by atoms with Gasteiger partial charge in [-0.05, 0) is 41.4 Å². The Hall–Kier alpha value is -0.790. The summed E-state index contributed by atoms with van der Waals surface area (Å²) in [7, 11) is 0. The standard InChI is InChI=1S/C9H8BrN3OS2/c1-4-3-6(15-7(4)10)8(14)12-9-11-5(2)13-16-9/h3H,1-2H3,(H,11,12,13,14). The molecule has 0 unspecified atom stereocenters. The fourth-order valence-electron chi connectivity index (χ4n) is 1.08. The van der Waals surface area contributed by atoms with Crippen LogP contribution in [-0.4, -0.2) is 15.3 Å². The van der Waals surface area contributed by atoms with Gasteiger partial charge in [-0.1, -0.05) is 0 Å². The maximum Gasteiger partial charge on any atom is 0.267 e.